The van der Waals surface area contributed by atoms with Crippen molar-refractivity contribution in [2.24, 2.45) is 0 Å². The van der Waals surface area contributed by atoms with Gasteiger partial charge in [0.25, 0.3) is 0 Å². The van der Waals surface area contributed by atoms with Crippen molar-refractivity contribution in [3.05, 3.63) is 35.7 Å². The van der Waals surface area contributed by atoms with E-state index < -0.39 is 0 Å². The molecule has 3 rings (SSSR count). The summed E-state index contributed by atoms with van der Waals surface area (Å²) in [4.78, 5) is 13.2. The zero-order chi connectivity index (χ0) is 14.8. The van der Waals surface area contributed by atoms with Crippen molar-refractivity contribution in [1.29, 1.82) is 0 Å². The van der Waals surface area contributed by atoms with E-state index in [2.05, 4.69) is 10.3 Å². The van der Waals surface area contributed by atoms with Crippen LogP contribution in [-0.2, 0) is 4.74 Å². The minimum Gasteiger partial charge on any atom is -0.378 e. The Balaban J connectivity index is 2.01. The van der Waals surface area contributed by atoms with Crippen molar-refractivity contribution in [2.75, 3.05) is 25.6 Å². The second kappa shape index (κ2) is 5.65. The first kappa shape index (κ1) is 13.8. The van der Waals surface area contributed by atoms with Gasteiger partial charge in [-0.2, -0.15) is 0 Å². The number of nitrogens with zero attached hydrogens (tertiary/aromatic N) is 4. The molecule has 0 aliphatic carbocycles. The van der Waals surface area contributed by atoms with Gasteiger partial charge in [0, 0.05) is 26.4 Å². The molecular formula is C15H18N4O2. The van der Waals surface area contributed by atoms with Crippen molar-refractivity contribution in [2.45, 2.75) is 18.9 Å². The monoisotopic (exact) mass is 286 g/mol. The van der Waals surface area contributed by atoms with E-state index in [0.29, 0.717) is 12.3 Å². The summed E-state index contributed by atoms with van der Waals surface area (Å²) in [6.07, 6.45) is 2.53. The van der Waals surface area contributed by atoms with Crippen LogP contribution in [0.5, 0.6) is 0 Å². The SMILES string of the molecule is CN(C)c1ccc(-n2nnc(C=O)c2C2CCCO2)cc1. The maximum atomic E-state index is 11.2. The first-order valence-electron chi connectivity index (χ1n) is 7.01. The number of aromatic nitrogens is 3. The summed E-state index contributed by atoms with van der Waals surface area (Å²) in [5.74, 6) is 0. The van der Waals surface area contributed by atoms with Gasteiger partial charge in [-0.15, -0.1) is 5.10 Å². The van der Waals surface area contributed by atoms with Crippen LogP contribution in [0.3, 0.4) is 0 Å². The third-order valence-electron chi connectivity index (χ3n) is 3.69. The number of benzene rings is 1. The molecule has 1 fully saturated rings. The number of carbonyl (C=O) groups excluding carboxylic acids is 1. The van der Waals surface area contributed by atoms with Gasteiger partial charge in [0.1, 0.15) is 11.8 Å². The molecule has 110 valence electrons. The van der Waals surface area contributed by atoms with E-state index in [0.717, 1.165) is 36.2 Å². The van der Waals surface area contributed by atoms with Crippen molar-refractivity contribution < 1.29 is 9.53 Å². The van der Waals surface area contributed by atoms with E-state index in [9.17, 15) is 4.79 Å². The predicted molar refractivity (Wildman–Crippen MR) is 79.0 cm³/mol. The molecular weight excluding hydrogens is 268 g/mol. The second-order valence-electron chi connectivity index (χ2n) is 5.30. The lowest BCUT2D eigenvalue weighted by molar-refractivity contribution is 0.102. The molecule has 0 bridgehead atoms. The Labute approximate surface area is 123 Å². The van der Waals surface area contributed by atoms with Crippen LogP contribution in [-0.4, -0.2) is 42.0 Å². The van der Waals surface area contributed by atoms with Gasteiger partial charge in [-0.05, 0) is 37.1 Å². The Kier molecular flexibility index (Phi) is 3.70. The lowest BCUT2D eigenvalue weighted by atomic mass is 10.1. The van der Waals surface area contributed by atoms with Gasteiger partial charge in [0.15, 0.2) is 12.0 Å². The van der Waals surface area contributed by atoms with Crippen LogP contribution in [0.2, 0.25) is 0 Å². The average molecular weight is 286 g/mol. The zero-order valence-electron chi connectivity index (χ0n) is 12.2. The number of rotatable bonds is 4. The van der Waals surface area contributed by atoms with Crippen molar-refractivity contribution in [3.63, 3.8) is 0 Å². The highest BCUT2D eigenvalue weighted by molar-refractivity contribution is 5.74. The van der Waals surface area contributed by atoms with Crippen LogP contribution < -0.4 is 4.90 Å². The summed E-state index contributed by atoms with van der Waals surface area (Å²) in [5.41, 5.74) is 3.10. The van der Waals surface area contributed by atoms with Gasteiger partial charge >= 0.3 is 0 Å². The molecule has 1 unspecified atom stereocenters. The molecule has 0 radical (unpaired) electrons. The normalized spacial score (nSPS) is 17.9. The maximum Gasteiger partial charge on any atom is 0.172 e. The molecule has 1 aromatic carbocycles. The molecule has 1 aliphatic rings. The van der Waals surface area contributed by atoms with Crippen LogP contribution in [0.1, 0.15) is 35.1 Å². The molecule has 0 N–H and O–H groups in total. The number of anilines is 1. The molecule has 21 heavy (non-hydrogen) atoms. The predicted octanol–water partition coefficient (Wildman–Crippen LogP) is 2.00. The molecule has 2 aromatic rings. The van der Waals surface area contributed by atoms with Crippen LogP contribution in [0.4, 0.5) is 5.69 Å². The Morgan fingerprint density at radius 3 is 2.67 bits per heavy atom. The number of ether oxygens (including phenoxy) is 1. The molecule has 0 amide bonds. The zero-order valence-corrected chi connectivity index (χ0v) is 12.2. The Morgan fingerprint density at radius 1 is 1.33 bits per heavy atom. The van der Waals surface area contributed by atoms with Crippen LogP contribution in [0, 0.1) is 0 Å². The lowest BCUT2D eigenvalue weighted by Crippen LogP contribution is -2.10. The molecule has 1 aromatic heterocycles. The largest absolute Gasteiger partial charge is 0.378 e. The quantitative estimate of drug-likeness (QED) is 0.804. The summed E-state index contributed by atoms with van der Waals surface area (Å²) in [6, 6.07) is 7.96. The third-order valence-corrected chi connectivity index (χ3v) is 3.69. The molecule has 2 heterocycles. The van der Waals surface area contributed by atoms with Crippen molar-refractivity contribution in [3.8, 4) is 5.69 Å². The molecule has 1 aliphatic heterocycles. The lowest BCUT2D eigenvalue weighted by Gasteiger charge is -2.15. The van der Waals surface area contributed by atoms with Crippen molar-refractivity contribution in [1.82, 2.24) is 15.0 Å². The summed E-state index contributed by atoms with van der Waals surface area (Å²) < 4.78 is 7.40. The van der Waals surface area contributed by atoms with Crippen LogP contribution in [0.15, 0.2) is 24.3 Å². The van der Waals surface area contributed by atoms with Gasteiger partial charge in [-0.3, -0.25) is 4.79 Å². The summed E-state index contributed by atoms with van der Waals surface area (Å²) in [6.45, 7) is 0.716. The highest BCUT2D eigenvalue weighted by atomic mass is 16.5. The standard InChI is InChI=1S/C15H18N4O2/c1-18(2)11-5-7-12(8-6-11)19-15(13(10-20)16-17-19)14-4-3-9-21-14/h5-8,10,14H,3-4,9H2,1-2H3. The Bertz CT molecular complexity index is 628. The molecule has 0 spiro atoms. The maximum absolute atomic E-state index is 11.2. The van der Waals surface area contributed by atoms with Gasteiger partial charge < -0.3 is 9.64 Å². The van der Waals surface area contributed by atoms with E-state index in [1.165, 1.54) is 0 Å². The Morgan fingerprint density at radius 2 is 2.10 bits per heavy atom. The van der Waals surface area contributed by atoms with Crippen LogP contribution in [0.25, 0.3) is 5.69 Å². The molecule has 6 heteroatoms. The van der Waals surface area contributed by atoms with E-state index >= 15 is 0 Å². The van der Waals surface area contributed by atoms with Gasteiger partial charge in [-0.25, -0.2) is 4.68 Å². The fraction of sp³-hybridized carbons (Fsp3) is 0.400. The minimum atomic E-state index is -0.103. The highest BCUT2D eigenvalue weighted by Gasteiger charge is 2.27. The number of hydrogen-bond acceptors (Lipinski definition) is 5. The number of hydrogen-bond donors (Lipinski definition) is 0. The Hall–Kier alpha value is -2.21. The average Bonchev–Trinajstić information content (AvgIpc) is 3.15. The third kappa shape index (κ3) is 2.54. The van der Waals surface area contributed by atoms with Gasteiger partial charge in [0.2, 0.25) is 0 Å². The second-order valence-corrected chi connectivity index (χ2v) is 5.30. The fourth-order valence-corrected chi connectivity index (χ4v) is 2.56. The molecule has 1 atom stereocenters. The summed E-state index contributed by atoms with van der Waals surface area (Å²) >= 11 is 0. The van der Waals surface area contributed by atoms with Gasteiger partial charge in [-0.1, -0.05) is 5.21 Å². The molecule has 6 nitrogen and oxygen atoms in total. The number of carbonyl (C=O) groups is 1. The fourth-order valence-electron chi connectivity index (χ4n) is 2.56. The van der Waals surface area contributed by atoms with E-state index in [4.69, 9.17) is 4.74 Å². The van der Waals surface area contributed by atoms with E-state index in [1.54, 1.807) is 4.68 Å². The topological polar surface area (TPSA) is 60.2 Å². The summed E-state index contributed by atoms with van der Waals surface area (Å²) in [7, 11) is 3.99. The van der Waals surface area contributed by atoms with E-state index in [1.807, 2.05) is 43.3 Å². The van der Waals surface area contributed by atoms with E-state index in [-0.39, 0.29) is 6.10 Å². The summed E-state index contributed by atoms with van der Waals surface area (Å²) in [5, 5.41) is 8.09. The first-order chi connectivity index (χ1) is 10.2. The highest BCUT2D eigenvalue weighted by Crippen LogP contribution is 2.31. The number of aldehydes is 1. The molecule has 1 saturated heterocycles. The van der Waals surface area contributed by atoms with Crippen LogP contribution >= 0.6 is 0 Å². The smallest absolute Gasteiger partial charge is 0.172 e. The molecule has 0 saturated carbocycles. The first-order valence-corrected chi connectivity index (χ1v) is 7.01. The minimum absolute atomic E-state index is 0.103. The van der Waals surface area contributed by atoms with Crippen molar-refractivity contribution >= 4 is 12.0 Å². The van der Waals surface area contributed by atoms with Gasteiger partial charge in [0.05, 0.1) is 5.69 Å².